The molecule has 92 valence electrons. The van der Waals surface area contributed by atoms with Gasteiger partial charge in [0.15, 0.2) is 0 Å². The second kappa shape index (κ2) is 5.48. The lowest BCUT2D eigenvalue weighted by Crippen LogP contribution is -2.37. The van der Waals surface area contributed by atoms with Gasteiger partial charge in [-0.1, -0.05) is 6.92 Å². The standard InChI is InChI=1S/C13H25N3/c1-6-11(2)16-10-8-12(15-16)7-9-14-13(3,4)5/h8,10-11,14H,6-7,9H2,1-5H3. The molecule has 0 aromatic carbocycles. The molecule has 0 radical (unpaired) electrons. The molecule has 0 fully saturated rings. The van der Waals surface area contributed by atoms with Crippen molar-refractivity contribution in [2.45, 2.75) is 59.0 Å². The van der Waals surface area contributed by atoms with E-state index in [-0.39, 0.29) is 5.54 Å². The van der Waals surface area contributed by atoms with Gasteiger partial charge in [0.1, 0.15) is 0 Å². The maximum Gasteiger partial charge on any atom is 0.0637 e. The lowest BCUT2D eigenvalue weighted by molar-refractivity contribution is 0.425. The largest absolute Gasteiger partial charge is 0.312 e. The van der Waals surface area contributed by atoms with Crippen LogP contribution < -0.4 is 5.32 Å². The molecule has 0 aliphatic rings. The van der Waals surface area contributed by atoms with Gasteiger partial charge >= 0.3 is 0 Å². The summed E-state index contributed by atoms with van der Waals surface area (Å²) < 4.78 is 2.06. The molecule has 1 aromatic rings. The van der Waals surface area contributed by atoms with Gasteiger partial charge < -0.3 is 5.32 Å². The van der Waals surface area contributed by atoms with Crippen molar-refractivity contribution in [2.24, 2.45) is 0 Å². The van der Waals surface area contributed by atoms with Crippen molar-refractivity contribution in [3.05, 3.63) is 18.0 Å². The zero-order valence-corrected chi connectivity index (χ0v) is 11.2. The third-order valence-corrected chi connectivity index (χ3v) is 2.74. The maximum absolute atomic E-state index is 4.58. The first-order chi connectivity index (χ1) is 7.42. The average molecular weight is 223 g/mol. The molecule has 0 aliphatic carbocycles. The number of rotatable bonds is 5. The van der Waals surface area contributed by atoms with Gasteiger partial charge in [-0.15, -0.1) is 0 Å². The Hall–Kier alpha value is -0.830. The molecule has 1 heterocycles. The van der Waals surface area contributed by atoms with Crippen molar-refractivity contribution in [1.29, 1.82) is 0 Å². The minimum Gasteiger partial charge on any atom is -0.312 e. The van der Waals surface area contributed by atoms with Crippen LogP contribution in [-0.2, 0) is 6.42 Å². The van der Waals surface area contributed by atoms with Crippen LogP contribution in [0.3, 0.4) is 0 Å². The fraction of sp³-hybridized carbons (Fsp3) is 0.769. The second-order valence-electron chi connectivity index (χ2n) is 5.47. The smallest absolute Gasteiger partial charge is 0.0637 e. The summed E-state index contributed by atoms with van der Waals surface area (Å²) in [5, 5.41) is 8.05. The third kappa shape index (κ3) is 4.35. The Morgan fingerprint density at radius 2 is 2.12 bits per heavy atom. The summed E-state index contributed by atoms with van der Waals surface area (Å²) in [5.41, 5.74) is 1.37. The molecule has 0 saturated carbocycles. The topological polar surface area (TPSA) is 29.9 Å². The normalized spacial score (nSPS) is 14.1. The van der Waals surface area contributed by atoms with Gasteiger partial charge in [-0.2, -0.15) is 5.10 Å². The van der Waals surface area contributed by atoms with Crippen LogP contribution in [0.4, 0.5) is 0 Å². The molecule has 1 atom stereocenters. The van der Waals surface area contributed by atoms with E-state index in [4.69, 9.17) is 0 Å². The van der Waals surface area contributed by atoms with Crippen molar-refractivity contribution < 1.29 is 0 Å². The van der Waals surface area contributed by atoms with Crippen LogP contribution in [0.25, 0.3) is 0 Å². The van der Waals surface area contributed by atoms with Gasteiger partial charge in [0.2, 0.25) is 0 Å². The first-order valence-electron chi connectivity index (χ1n) is 6.21. The Bertz CT molecular complexity index is 309. The van der Waals surface area contributed by atoms with Gasteiger partial charge in [-0.25, -0.2) is 0 Å². The van der Waals surface area contributed by atoms with Crippen molar-refractivity contribution in [1.82, 2.24) is 15.1 Å². The lowest BCUT2D eigenvalue weighted by atomic mass is 10.1. The fourth-order valence-corrected chi connectivity index (χ4v) is 1.51. The van der Waals surface area contributed by atoms with Gasteiger partial charge in [0, 0.05) is 30.7 Å². The number of aromatic nitrogens is 2. The number of hydrogen-bond donors (Lipinski definition) is 1. The molecule has 0 amide bonds. The van der Waals surface area contributed by atoms with Gasteiger partial charge in [-0.05, 0) is 40.2 Å². The SMILES string of the molecule is CCC(C)n1ccc(CCNC(C)(C)C)n1. The molecule has 0 bridgehead atoms. The third-order valence-electron chi connectivity index (χ3n) is 2.74. The quantitative estimate of drug-likeness (QED) is 0.832. The van der Waals surface area contributed by atoms with Crippen molar-refractivity contribution in [3.8, 4) is 0 Å². The Kier molecular flexibility index (Phi) is 4.54. The summed E-state index contributed by atoms with van der Waals surface area (Å²) in [6.07, 6.45) is 4.21. The molecule has 1 unspecified atom stereocenters. The minimum atomic E-state index is 0.194. The van der Waals surface area contributed by atoms with Crippen LogP contribution in [0, 0.1) is 0 Å². The molecule has 3 heteroatoms. The molecule has 1 N–H and O–H groups in total. The molecule has 0 saturated heterocycles. The first kappa shape index (κ1) is 13.2. The lowest BCUT2D eigenvalue weighted by Gasteiger charge is -2.19. The molecular formula is C13H25N3. The molecule has 1 rings (SSSR count). The molecule has 3 nitrogen and oxygen atoms in total. The molecular weight excluding hydrogens is 198 g/mol. The van der Waals surface area contributed by atoms with Crippen LogP contribution >= 0.6 is 0 Å². The molecule has 16 heavy (non-hydrogen) atoms. The highest BCUT2D eigenvalue weighted by atomic mass is 15.3. The van der Waals surface area contributed by atoms with Gasteiger partial charge in [-0.3, -0.25) is 4.68 Å². The Morgan fingerprint density at radius 1 is 1.44 bits per heavy atom. The minimum absolute atomic E-state index is 0.194. The van der Waals surface area contributed by atoms with E-state index >= 15 is 0 Å². The van der Waals surface area contributed by atoms with E-state index in [1.807, 2.05) is 0 Å². The van der Waals surface area contributed by atoms with Crippen LogP contribution in [0.2, 0.25) is 0 Å². The Balaban J connectivity index is 2.41. The van der Waals surface area contributed by atoms with E-state index in [0.717, 1.165) is 19.4 Å². The van der Waals surface area contributed by atoms with Crippen molar-refractivity contribution in [3.63, 3.8) is 0 Å². The Morgan fingerprint density at radius 3 is 2.69 bits per heavy atom. The Labute approximate surface area is 99.2 Å². The van der Waals surface area contributed by atoms with E-state index in [1.165, 1.54) is 5.69 Å². The monoisotopic (exact) mass is 223 g/mol. The zero-order chi connectivity index (χ0) is 12.2. The number of hydrogen-bond acceptors (Lipinski definition) is 2. The van der Waals surface area contributed by atoms with E-state index in [0.29, 0.717) is 6.04 Å². The molecule has 0 aliphatic heterocycles. The molecule has 0 spiro atoms. The predicted molar refractivity (Wildman–Crippen MR) is 68.7 cm³/mol. The van der Waals surface area contributed by atoms with Crippen LogP contribution in [0.1, 0.15) is 52.8 Å². The summed E-state index contributed by atoms with van der Waals surface area (Å²) in [5.74, 6) is 0. The van der Waals surface area contributed by atoms with E-state index in [1.54, 1.807) is 0 Å². The number of nitrogens with zero attached hydrogens (tertiary/aromatic N) is 2. The first-order valence-corrected chi connectivity index (χ1v) is 6.21. The summed E-state index contributed by atoms with van der Waals surface area (Å²) in [6, 6.07) is 2.63. The number of nitrogens with one attached hydrogen (secondary N) is 1. The summed E-state index contributed by atoms with van der Waals surface area (Å²) >= 11 is 0. The molecule has 1 aromatic heterocycles. The highest BCUT2D eigenvalue weighted by Crippen LogP contribution is 2.09. The summed E-state index contributed by atoms with van der Waals surface area (Å²) in [7, 11) is 0. The van der Waals surface area contributed by atoms with Gasteiger partial charge in [0.25, 0.3) is 0 Å². The fourth-order valence-electron chi connectivity index (χ4n) is 1.51. The van der Waals surface area contributed by atoms with Crippen molar-refractivity contribution in [2.75, 3.05) is 6.54 Å². The van der Waals surface area contributed by atoms with E-state index in [9.17, 15) is 0 Å². The highest BCUT2D eigenvalue weighted by Gasteiger charge is 2.09. The maximum atomic E-state index is 4.58. The summed E-state index contributed by atoms with van der Waals surface area (Å²) in [6.45, 7) is 11.9. The van der Waals surface area contributed by atoms with Crippen molar-refractivity contribution >= 4 is 0 Å². The van der Waals surface area contributed by atoms with E-state index in [2.05, 4.69) is 62.0 Å². The van der Waals surface area contributed by atoms with Crippen LogP contribution in [-0.4, -0.2) is 21.9 Å². The predicted octanol–water partition coefficient (Wildman–Crippen LogP) is 2.78. The van der Waals surface area contributed by atoms with Gasteiger partial charge in [0.05, 0.1) is 5.69 Å². The zero-order valence-electron chi connectivity index (χ0n) is 11.2. The average Bonchev–Trinajstić information content (AvgIpc) is 2.63. The summed E-state index contributed by atoms with van der Waals surface area (Å²) in [4.78, 5) is 0. The van der Waals surface area contributed by atoms with E-state index < -0.39 is 0 Å². The van der Waals surface area contributed by atoms with Crippen LogP contribution in [0.15, 0.2) is 12.3 Å². The van der Waals surface area contributed by atoms with Crippen LogP contribution in [0.5, 0.6) is 0 Å². The highest BCUT2D eigenvalue weighted by molar-refractivity contribution is 5.00. The second-order valence-corrected chi connectivity index (χ2v) is 5.47.